The maximum atomic E-state index is 13.1. The maximum Gasteiger partial charge on any atom is 0.251 e. The molecule has 150 valence electrons. The predicted molar refractivity (Wildman–Crippen MR) is 110 cm³/mol. The Morgan fingerprint density at radius 1 is 1.10 bits per heavy atom. The van der Waals surface area contributed by atoms with Crippen LogP contribution < -0.4 is 14.8 Å². The number of hydrogen-bond acceptors (Lipinski definition) is 5. The number of rotatable bonds is 6. The van der Waals surface area contributed by atoms with Crippen molar-refractivity contribution in [3.05, 3.63) is 59.2 Å². The fourth-order valence-electron chi connectivity index (χ4n) is 3.72. The van der Waals surface area contributed by atoms with Crippen LogP contribution in [-0.2, 0) is 11.2 Å². The molecule has 0 aromatic heterocycles. The largest absolute Gasteiger partial charge is 0.454 e. The molecule has 29 heavy (non-hydrogen) atoms. The second-order valence-corrected chi connectivity index (χ2v) is 7.65. The molecule has 6 nitrogen and oxygen atoms in total. The van der Waals surface area contributed by atoms with E-state index in [1.54, 1.807) is 24.3 Å². The Morgan fingerprint density at radius 2 is 1.83 bits per heavy atom. The highest BCUT2D eigenvalue weighted by molar-refractivity contribution is 6.14. The first kappa shape index (κ1) is 19.2. The Hall–Kier alpha value is -3.15. The van der Waals surface area contributed by atoms with Gasteiger partial charge in [-0.15, -0.1) is 0 Å². The van der Waals surface area contributed by atoms with E-state index in [4.69, 9.17) is 9.47 Å². The number of benzene rings is 2. The number of amides is 1. The van der Waals surface area contributed by atoms with Crippen molar-refractivity contribution in [2.75, 3.05) is 13.3 Å². The maximum absolute atomic E-state index is 13.1. The summed E-state index contributed by atoms with van der Waals surface area (Å²) in [5.41, 5.74) is 3.33. The van der Waals surface area contributed by atoms with E-state index in [1.807, 2.05) is 32.0 Å². The van der Waals surface area contributed by atoms with Gasteiger partial charge in [-0.3, -0.25) is 14.6 Å². The Labute approximate surface area is 169 Å². The minimum absolute atomic E-state index is 0.0319. The summed E-state index contributed by atoms with van der Waals surface area (Å²) in [7, 11) is 0. The van der Waals surface area contributed by atoms with Gasteiger partial charge in [-0.05, 0) is 42.2 Å². The zero-order valence-electron chi connectivity index (χ0n) is 16.6. The molecule has 2 aromatic carbocycles. The van der Waals surface area contributed by atoms with Crippen molar-refractivity contribution in [2.24, 2.45) is 10.9 Å². The van der Waals surface area contributed by atoms with Gasteiger partial charge in [-0.1, -0.05) is 32.0 Å². The lowest BCUT2D eigenvalue weighted by Gasteiger charge is -2.23. The number of ether oxygens (including phenoxy) is 2. The van der Waals surface area contributed by atoms with Crippen LogP contribution in [0.2, 0.25) is 0 Å². The average molecular weight is 392 g/mol. The van der Waals surface area contributed by atoms with Crippen molar-refractivity contribution < 1.29 is 19.1 Å². The van der Waals surface area contributed by atoms with Crippen molar-refractivity contribution in [2.45, 2.75) is 32.7 Å². The summed E-state index contributed by atoms with van der Waals surface area (Å²) in [5.74, 6) is 1.10. The molecule has 6 heteroatoms. The number of carbonyl (C=O) groups is 2. The Kier molecular flexibility index (Phi) is 5.34. The molecule has 0 aliphatic carbocycles. The van der Waals surface area contributed by atoms with Crippen LogP contribution in [0.25, 0.3) is 0 Å². The standard InChI is InChI=1S/C23H24N2O4/c1-14(2)22(25-23(27)15-6-4-3-5-7-15)19(26)12-18-17-11-21-20(28-13-29-21)10-16(17)8-9-24-18/h3-7,10-11,14,22H,8-9,12-13H2,1-2H3,(H,25,27)/t22-/m1/s1. The van der Waals surface area contributed by atoms with Gasteiger partial charge in [-0.2, -0.15) is 0 Å². The lowest BCUT2D eigenvalue weighted by atomic mass is 9.90. The summed E-state index contributed by atoms with van der Waals surface area (Å²) < 4.78 is 10.9. The van der Waals surface area contributed by atoms with Gasteiger partial charge in [0.15, 0.2) is 17.3 Å². The van der Waals surface area contributed by atoms with Crippen LogP contribution in [0.4, 0.5) is 0 Å². The van der Waals surface area contributed by atoms with E-state index in [1.165, 1.54) is 0 Å². The Bertz CT molecular complexity index is 966. The van der Waals surface area contributed by atoms with E-state index in [9.17, 15) is 9.59 Å². The molecule has 0 spiro atoms. The van der Waals surface area contributed by atoms with Crippen LogP contribution in [0.3, 0.4) is 0 Å². The number of fused-ring (bicyclic) bond motifs is 2. The average Bonchev–Trinajstić information content (AvgIpc) is 3.18. The summed E-state index contributed by atoms with van der Waals surface area (Å²) >= 11 is 0. The molecule has 4 rings (SSSR count). The topological polar surface area (TPSA) is 77.0 Å². The molecule has 2 heterocycles. The smallest absolute Gasteiger partial charge is 0.251 e. The van der Waals surface area contributed by atoms with E-state index < -0.39 is 6.04 Å². The summed E-state index contributed by atoms with van der Waals surface area (Å²) in [4.78, 5) is 30.3. The Morgan fingerprint density at radius 3 is 2.55 bits per heavy atom. The second-order valence-electron chi connectivity index (χ2n) is 7.65. The zero-order valence-corrected chi connectivity index (χ0v) is 16.6. The third-order valence-corrected chi connectivity index (χ3v) is 5.27. The van der Waals surface area contributed by atoms with Gasteiger partial charge in [0, 0.05) is 23.4 Å². The third kappa shape index (κ3) is 4.01. The number of aliphatic imine (C=N–C) groups is 1. The summed E-state index contributed by atoms with van der Waals surface area (Å²) in [6, 6.07) is 12.3. The second kappa shape index (κ2) is 8.07. The molecule has 0 saturated carbocycles. The van der Waals surface area contributed by atoms with Crippen LogP contribution in [0.15, 0.2) is 47.5 Å². The number of ketones is 1. The summed E-state index contributed by atoms with van der Waals surface area (Å²) in [5, 5.41) is 2.90. The van der Waals surface area contributed by atoms with Gasteiger partial charge in [-0.25, -0.2) is 0 Å². The van der Waals surface area contributed by atoms with Crippen molar-refractivity contribution in [1.29, 1.82) is 0 Å². The Balaban J connectivity index is 1.52. The van der Waals surface area contributed by atoms with E-state index in [0.717, 1.165) is 29.0 Å². The number of Topliss-reactive ketones (excluding diaryl/α,β-unsaturated/α-hetero) is 1. The van der Waals surface area contributed by atoms with Crippen LogP contribution in [0.1, 0.15) is 41.8 Å². The van der Waals surface area contributed by atoms with Gasteiger partial charge in [0.2, 0.25) is 6.79 Å². The highest BCUT2D eigenvalue weighted by atomic mass is 16.7. The minimum Gasteiger partial charge on any atom is -0.454 e. The van der Waals surface area contributed by atoms with Gasteiger partial charge in [0.25, 0.3) is 5.91 Å². The van der Waals surface area contributed by atoms with E-state index >= 15 is 0 Å². The fraction of sp³-hybridized carbons (Fsp3) is 0.348. The first-order valence-corrected chi connectivity index (χ1v) is 9.88. The summed E-state index contributed by atoms with van der Waals surface area (Å²) in [6.07, 6.45) is 0.979. The minimum atomic E-state index is -0.579. The molecule has 0 unspecified atom stereocenters. The SMILES string of the molecule is CC(C)[C@@H](NC(=O)c1ccccc1)C(=O)CC1=NCCc2cc3c(cc21)OCO3. The molecule has 2 aliphatic heterocycles. The highest BCUT2D eigenvalue weighted by Crippen LogP contribution is 2.36. The molecule has 1 amide bonds. The van der Waals surface area contributed by atoms with Gasteiger partial charge >= 0.3 is 0 Å². The molecule has 2 aliphatic rings. The molecule has 0 radical (unpaired) electrons. The van der Waals surface area contributed by atoms with E-state index in [2.05, 4.69) is 10.3 Å². The van der Waals surface area contributed by atoms with Crippen LogP contribution >= 0.6 is 0 Å². The first-order chi connectivity index (χ1) is 14.0. The third-order valence-electron chi connectivity index (χ3n) is 5.27. The number of hydrogen-bond donors (Lipinski definition) is 1. The van der Waals surface area contributed by atoms with Crippen LogP contribution in [-0.4, -0.2) is 36.8 Å². The fourth-order valence-corrected chi connectivity index (χ4v) is 3.72. The summed E-state index contributed by atoms with van der Waals surface area (Å²) in [6.45, 7) is 4.72. The predicted octanol–water partition coefficient (Wildman–Crippen LogP) is 3.17. The van der Waals surface area contributed by atoms with Crippen molar-refractivity contribution >= 4 is 17.4 Å². The molecule has 0 bridgehead atoms. The molecular formula is C23H24N2O4. The lowest BCUT2D eigenvalue weighted by Crippen LogP contribution is -2.45. The number of nitrogens with one attached hydrogen (secondary N) is 1. The molecule has 1 atom stereocenters. The lowest BCUT2D eigenvalue weighted by molar-refractivity contribution is -0.120. The molecule has 0 saturated heterocycles. The normalized spacial score (nSPS) is 15.5. The van der Waals surface area contributed by atoms with Gasteiger partial charge in [0.05, 0.1) is 12.5 Å². The molecule has 0 fully saturated rings. The number of carbonyl (C=O) groups excluding carboxylic acids is 2. The zero-order chi connectivity index (χ0) is 20.4. The van der Waals surface area contributed by atoms with Crippen LogP contribution in [0, 0.1) is 5.92 Å². The van der Waals surface area contributed by atoms with Crippen molar-refractivity contribution in [1.82, 2.24) is 5.32 Å². The molecule has 2 aromatic rings. The van der Waals surface area contributed by atoms with E-state index in [0.29, 0.717) is 17.9 Å². The molecular weight excluding hydrogens is 368 g/mol. The quantitative estimate of drug-likeness (QED) is 0.819. The van der Waals surface area contributed by atoms with E-state index in [-0.39, 0.29) is 30.8 Å². The van der Waals surface area contributed by atoms with Gasteiger partial charge < -0.3 is 14.8 Å². The van der Waals surface area contributed by atoms with Crippen LogP contribution in [0.5, 0.6) is 11.5 Å². The monoisotopic (exact) mass is 392 g/mol. The van der Waals surface area contributed by atoms with Crippen molar-refractivity contribution in [3.8, 4) is 11.5 Å². The van der Waals surface area contributed by atoms with Gasteiger partial charge in [0.1, 0.15) is 0 Å². The van der Waals surface area contributed by atoms with Crippen molar-refractivity contribution in [3.63, 3.8) is 0 Å². The first-order valence-electron chi connectivity index (χ1n) is 9.88. The molecule has 1 N–H and O–H groups in total. The number of nitrogens with zero attached hydrogens (tertiary/aromatic N) is 1. The highest BCUT2D eigenvalue weighted by Gasteiger charge is 2.28.